The fourth-order valence-corrected chi connectivity index (χ4v) is 2.54. The zero-order chi connectivity index (χ0) is 13.4. The van der Waals surface area contributed by atoms with Gasteiger partial charge in [-0.1, -0.05) is 31.6 Å². The van der Waals surface area contributed by atoms with Gasteiger partial charge in [-0.2, -0.15) is 0 Å². The second-order valence-electron chi connectivity index (χ2n) is 4.86. The summed E-state index contributed by atoms with van der Waals surface area (Å²) in [5, 5.41) is 0. The standard InChI is InChI=1S/C16H24O2/c1-4-6-10-15(5-2)18-12-14-9-7-8-11-16(14)13(3)17/h4-6,10,14,16H,1,7-9,11-12H2,2-3H3/b10-6-,15-5+. The summed E-state index contributed by atoms with van der Waals surface area (Å²) >= 11 is 0. The Balaban J connectivity index is 2.51. The van der Waals surface area contributed by atoms with Gasteiger partial charge in [-0.3, -0.25) is 4.79 Å². The van der Waals surface area contributed by atoms with Crippen LogP contribution in [0.3, 0.4) is 0 Å². The highest BCUT2D eigenvalue weighted by Crippen LogP contribution is 2.31. The Hall–Kier alpha value is -1.31. The van der Waals surface area contributed by atoms with E-state index in [-0.39, 0.29) is 5.92 Å². The molecular formula is C16H24O2. The van der Waals surface area contributed by atoms with Crippen molar-refractivity contribution in [1.82, 2.24) is 0 Å². The van der Waals surface area contributed by atoms with Crippen molar-refractivity contribution in [3.05, 3.63) is 36.6 Å². The number of hydrogen-bond donors (Lipinski definition) is 0. The van der Waals surface area contributed by atoms with Gasteiger partial charge in [0.1, 0.15) is 11.5 Å². The third-order valence-electron chi connectivity index (χ3n) is 3.58. The Kier molecular flexibility index (Phi) is 6.48. The van der Waals surface area contributed by atoms with E-state index in [1.165, 1.54) is 12.8 Å². The van der Waals surface area contributed by atoms with Crippen molar-refractivity contribution < 1.29 is 9.53 Å². The molecule has 1 saturated carbocycles. The monoisotopic (exact) mass is 248 g/mol. The third kappa shape index (κ3) is 4.52. The topological polar surface area (TPSA) is 26.3 Å². The van der Waals surface area contributed by atoms with Crippen molar-refractivity contribution >= 4 is 5.78 Å². The third-order valence-corrected chi connectivity index (χ3v) is 3.58. The molecule has 1 aliphatic rings. The molecule has 1 rings (SSSR count). The summed E-state index contributed by atoms with van der Waals surface area (Å²) in [6, 6.07) is 0. The lowest BCUT2D eigenvalue weighted by Crippen LogP contribution is -2.28. The minimum absolute atomic E-state index is 0.195. The van der Waals surface area contributed by atoms with Crippen molar-refractivity contribution in [3.63, 3.8) is 0 Å². The summed E-state index contributed by atoms with van der Waals surface area (Å²) in [4.78, 5) is 11.6. The minimum atomic E-state index is 0.195. The van der Waals surface area contributed by atoms with Crippen LogP contribution in [0.5, 0.6) is 0 Å². The van der Waals surface area contributed by atoms with Crippen LogP contribution in [-0.2, 0) is 9.53 Å². The average molecular weight is 248 g/mol. The molecule has 0 aromatic carbocycles. The number of allylic oxidation sites excluding steroid dienone is 4. The van der Waals surface area contributed by atoms with Crippen LogP contribution in [0.15, 0.2) is 36.6 Å². The molecule has 0 radical (unpaired) electrons. The second kappa shape index (κ2) is 7.91. The molecule has 0 bridgehead atoms. The molecule has 1 aliphatic carbocycles. The molecule has 2 nitrogen and oxygen atoms in total. The van der Waals surface area contributed by atoms with Crippen LogP contribution in [0, 0.1) is 11.8 Å². The molecule has 0 spiro atoms. The lowest BCUT2D eigenvalue weighted by atomic mass is 9.78. The number of hydrogen-bond acceptors (Lipinski definition) is 2. The normalized spacial score (nSPS) is 25.1. The van der Waals surface area contributed by atoms with E-state index >= 15 is 0 Å². The zero-order valence-corrected chi connectivity index (χ0v) is 11.5. The predicted molar refractivity (Wildman–Crippen MR) is 75.2 cm³/mol. The van der Waals surface area contributed by atoms with E-state index in [9.17, 15) is 4.79 Å². The Morgan fingerprint density at radius 3 is 2.72 bits per heavy atom. The highest BCUT2D eigenvalue weighted by molar-refractivity contribution is 5.78. The Labute approximate surface area is 110 Å². The number of carbonyl (C=O) groups excluding carboxylic acids is 1. The van der Waals surface area contributed by atoms with Gasteiger partial charge >= 0.3 is 0 Å². The first-order valence-corrected chi connectivity index (χ1v) is 6.77. The molecule has 18 heavy (non-hydrogen) atoms. The van der Waals surface area contributed by atoms with E-state index in [4.69, 9.17) is 4.74 Å². The van der Waals surface area contributed by atoms with Crippen LogP contribution < -0.4 is 0 Å². The first-order chi connectivity index (χ1) is 8.69. The van der Waals surface area contributed by atoms with Crippen molar-refractivity contribution in [2.24, 2.45) is 11.8 Å². The van der Waals surface area contributed by atoms with E-state index in [0.717, 1.165) is 18.6 Å². The van der Waals surface area contributed by atoms with Crippen LogP contribution in [0.1, 0.15) is 39.5 Å². The molecule has 0 aliphatic heterocycles. The Bertz CT molecular complexity index is 339. The van der Waals surface area contributed by atoms with E-state index in [0.29, 0.717) is 18.3 Å². The van der Waals surface area contributed by atoms with Crippen LogP contribution in [0.4, 0.5) is 0 Å². The van der Waals surface area contributed by atoms with Crippen LogP contribution >= 0.6 is 0 Å². The molecule has 2 heteroatoms. The summed E-state index contributed by atoms with van der Waals surface area (Å²) in [7, 11) is 0. The van der Waals surface area contributed by atoms with Gasteiger partial charge in [0.25, 0.3) is 0 Å². The first-order valence-electron chi connectivity index (χ1n) is 6.77. The molecule has 0 saturated heterocycles. The number of Topliss-reactive ketones (excluding diaryl/α,β-unsaturated/α-hetero) is 1. The zero-order valence-electron chi connectivity index (χ0n) is 11.5. The van der Waals surface area contributed by atoms with Gasteiger partial charge in [-0.15, -0.1) is 0 Å². The van der Waals surface area contributed by atoms with Gasteiger partial charge in [0, 0.05) is 11.8 Å². The number of ether oxygens (including phenoxy) is 1. The number of rotatable bonds is 6. The minimum Gasteiger partial charge on any atom is -0.494 e. The highest BCUT2D eigenvalue weighted by atomic mass is 16.5. The van der Waals surface area contributed by atoms with Gasteiger partial charge in [0.05, 0.1) is 6.61 Å². The summed E-state index contributed by atoms with van der Waals surface area (Å²) < 4.78 is 5.79. The van der Waals surface area contributed by atoms with Gasteiger partial charge in [-0.05, 0) is 38.8 Å². The van der Waals surface area contributed by atoms with Crippen LogP contribution in [0.25, 0.3) is 0 Å². The lowest BCUT2D eigenvalue weighted by molar-refractivity contribution is -0.124. The summed E-state index contributed by atoms with van der Waals surface area (Å²) in [6.45, 7) is 7.94. The van der Waals surface area contributed by atoms with Crippen molar-refractivity contribution in [3.8, 4) is 0 Å². The van der Waals surface area contributed by atoms with E-state index in [2.05, 4.69) is 6.58 Å². The molecule has 0 N–H and O–H groups in total. The maximum absolute atomic E-state index is 11.6. The van der Waals surface area contributed by atoms with E-state index < -0.39 is 0 Å². The quantitative estimate of drug-likeness (QED) is 0.523. The smallest absolute Gasteiger partial charge is 0.133 e. The molecule has 2 unspecified atom stereocenters. The highest BCUT2D eigenvalue weighted by Gasteiger charge is 2.28. The van der Waals surface area contributed by atoms with Crippen LogP contribution in [-0.4, -0.2) is 12.4 Å². The maximum Gasteiger partial charge on any atom is 0.133 e. The van der Waals surface area contributed by atoms with Gasteiger partial charge in [0.15, 0.2) is 0 Å². The molecule has 0 aromatic heterocycles. The van der Waals surface area contributed by atoms with Gasteiger partial charge in [-0.25, -0.2) is 0 Å². The maximum atomic E-state index is 11.6. The Morgan fingerprint density at radius 2 is 2.11 bits per heavy atom. The molecule has 100 valence electrons. The van der Waals surface area contributed by atoms with Crippen molar-refractivity contribution in [2.45, 2.75) is 39.5 Å². The SMILES string of the molecule is C=C/C=C\C(=C/C)OCC1CCCCC1C(C)=O. The number of carbonyl (C=O) groups is 1. The lowest BCUT2D eigenvalue weighted by Gasteiger charge is -2.29. The fraction of sp³-hybridized carbons (Fsp3) is 0.562. The summed E-state index contributed by atoms with van der Waals surface area (Å²) in [5.74, 6) is 1.73. The molecular weight excluding hydrogens is 224 g/mol. The predicted octanol–water partition coefficient (Wildman–Crippen LogP) is 4.04. The second-order valence-corrected chi connectivity index (χ2v) is 4.86. The largest absolute Gasteiger partial charge is 0.494 e. The van der Waals surface area contributed by atoms with Crippen LogP contribution in [0.2, 0.25) is 0 Å². The molecule has 0 heterocycles. The molecule has 1 fully saturated rings. The molecule has 0 aromatic rings. The Morgan fingerprint density at radius 1 is 1.39 bits per heavy atom. The fourth-order valence-electron chi connectivity index (χ4n) is 2.54. The van der Waals surface area contributed by atoms with Crippen molar-refractivity contribution in [2.75, 3.05) is 6.61 Å². The van der Waals surface area contributed by atoms with Gasteiger partial charge < -0.3 is 4.74 Å². The first kappa shape index (κ1) is 14.7. The average Bonchev–Trinajstić information content (AvgIpc) is 2.39. The van der Waals surface area contributed by atoms with E-state index in [1.807, 2.05) is 25.2 Å². The number of ketones is 1. The molecule has 2 atom stereocenters. The summed E-state index contributed by atoms with van der Waals surface area (Å²) in [6.07, 6.45) is 11.9. The molecule has 0 amide bonds. The summed E-state index contributed by atoms with van der Waals surface area (Å²) in [5.41, 5.74) is 0. The van der Waals surface area contributed by atoms with E-state index in [1.54, 1.807) is 13.0 Å². The van der Waals surface area contributed by atoms with Crippen molar-refractivity contribution in [1.29, 1.82) is 0 Å². The van der Waals surface area contributed by atoms with Gasteiger partial charge in [0.2, 0.25) is 0 Å².